The number of anilines is 1. The van der Waals surface area contributed by atoms with Crippen molar-refractivity contribution in [3.63, 3.8) is 0 Å². The molecule has 1 aliphatic heterocycles. The summed E-state index contributed by atoms with van der Waals surface area (Å²) in [6.07, 6.45) is 2.99. The number of benzene rings is 1. The van der Waals surface area contributed by atoms with Crippen molar-refractivity contribution in [1.29, 1.82) is 0 Å². The van der Waals surface area contributed by atoms with E-state index in [4.69, 9.17) is 10.8 Å². The lowest BCUT2D eigenvalue weighted by Crippen LogP contribution is -2.36. The Balaban J connectivity index is 2.10. The van der Waals surface area contributed by atoms with E-state index in [-0.39, 0.29) is 12.4 Å². The highest BCUT2D eigenvalue weighted by Crippen LogP contribution is 2.27. The summed E-state index contributed by atoms with van der Waals surface area (Å²) in [7, 11) is 0. The standard InChI is InChI=1S/C14H21FN2O/c15-13-8-12(9-16)3-4-14(13)17-6-1-2-11(10-17)5-7-18/h3-4,8,11,18H,1-2,5-7,9-10,16H2. The molecule has 0 bridgehead atoms. The Labute approximate surface area is 107 Å². The molecule has 18 heavy (non-hydrogen) atoms. The first-order chi connectivity index (χ1) is 8.74. The highest BCUT2D eigenvalue weighted by molar-refractivity contribution is 5.49. The second kappa shape index (κ2) is 6.16. The molecule has 100 valence electrons. The molecule has 0 saturated carbocycles. The van der Waals surface area contributed by atoms with Crippen LogP contribution in [-0.2, 0) is 6.54 Å². The summed E-state index contributed by atoms with van der Waals surface area (Å²) >= 11 is 0. The number of aliphatic hydroxyl groups is 1. The van der Waals surface area contributed by atoms with Crippen molar-refractivity contribution in [2.75, 3.05) is 24.6 Å². The van der Waals surface area contributed by atoms with Gasteiger partial charge < -0.3 is 15.7 Å². The van der Waals surface area contributed by atoms with Gasteiger partial charge in [0.25, 0.3) is 0 Å². The number of piperidine rings is 1. The van der Waals surface area contributed by atoms with Gasteiger partial charge in [-0.25, -0.2) is 4.39 Å². The van der Waals surface area contributed by atoms with Gasteiger partial charge in [-0.2, -0.15) is 0 Å². The zero-order chi connectivity index (χ0) is 13.0. The topological polar surface area (TPSA) is 49.5 Å². The van der Waals surface area contributed by atoms with Crippen LogP contribution in [0.25, 0.3) is 0 Å². The van der Waals surface area contributed by atoms with Crippen molar-refractivity contribution in [1.82, 2.24) is 0 Å². The highest BCUT2D eigenvalue weighted by atomic mass is 19.1. The Morgan fingerprint density at radius 1 is 1.44 bits per heavy atom. The Bertz CT molecular complexity index is 395. The molecule has 3 nitrogen and oxygen atoms in total. The average Bonchev–Trinajstić information content (AvgIpc) is 2.39. The van der Waals surface area contributed by atoms with Crippen LogP contribution in [0, 0.1) is 11.7 Å². The van der Waals surface area contributed by atoms with E-state index in [0.29, 0.717) is 18.2 Å². The third kappa shape index (κ3) is 3.00. The molecule has 1 aromatic rings. The fourth-order valence-corrected chi connectivity index (χ4v) is 2.64. The molecular formula is C14H21FN2O. The molecule has 2 rings (SSSR count). The van der Waals surface area contributed by atoms with E-state index in [1.807, 2.05) is 12.1 Å². The summed E-state index contributed by atoms with van der Waals surface area (Å²) in [4.78, 5) is 2.08. The first kappa shape index (κ1) is 13.3. The minimum Gasteiger partial charge on any atom is -0.396 e. The van der Waals surface area contributed by atoms with E-state index in [2.05, 4.69) is 4.90 Å². The van der Waals surface area contributed by atoms with Crippen LogP contribution in [0.5, 0.6) is 0 Å². The highest BCUT2D eigenvalue weighted by Gasteiger charge is 2.21. The molecule has 1 fully saturated rings. The molecule has 1 aromatic carbocycles. The number of hydrogen-bond acceptors (Lipinski definition) is 3. The number of aliphatic hydroxyl groups excluding tert-OH is 1. The first-order valence-electron chi connectivity index (χ1n) is 6.59. The van der Waals surface area contributed by atoms with Gasteiger partial charge in [-0.15, -0.1) is 0 Å². The van der Waals surface area contributed by atoms with E-state index >= 15 is 0 Å². The Morgan fingerprint density at radius 2 is 2.28 bits per heavy atom. The van der Waals surface area contributed by atoms with E-state index in [1.165, 1.54) is 6.07 Å². The van der Waals surface area contributed by atoms with Crippen LogP contribution in [-0.4, -0.2) is 24.8 Å². The molecule has 1 atom stereocenters. The molecule has 1 saturated heterocycles. The van der Waals surface area contributed by atoms with Gasteiger partial charge in [0.1, 0.15) is 5.82 Å². The van der Waals surface area contributed by atoms with Crippen molar-refractivity contribution in [3.8, 4) is 0 Å². The fraction of sp³-hybridized carbons (Fsp3) is 0.571. The van der Waals surface area contributed by atoms with Crippen molar-refractivity contribution in [2.24, 2.45) is 11.7 Å². The van der Waals surface area contributed by atoms with Gasteiger partial charge in [-0.05, 0) is 42.9 Å². The van der Waals surface area contributed by atoms with Crippen molar-refractivity contribution < 1.29 is 9.50 Å². The summed E-state index contributed by atoms with van der Waals surface area (Å²) in [5, 5.41) is 8.99. The van der Waals surface area contributed by atoms with Crippen LogP contribution >= 0.6 is 0 Å². The maximum absolute atomic E-state index is 14.0. The van der Waals surface area contributed by atoms with E-state index in [0.717, 1.165) is 37.9 Å². The van der Waals surface area contributed by atoms with Gasteiger partial charge in [-0.1, -0.05) is 6.07 Å². The van der Waals surface area contributed by atoms with Gasteiger partial charge >= 0.3 is 0 Å². The van der Waals surface area contributed by atoms with Crippen LogP contribution in [0.1, 0.15) is 24.8 Å². The van der Waals surface area contributed by atoms with Crippen molar-refractivity contribution in [2.45, 2.75) is 25.8 Å². The summed E-state index contributed by atoms with van der Waals surface area (Å²) in [6, 6.07) is 5.22. The van der Waals surface area contributed by atoms with Gasteiger partial charge in [-0.3, -0.25) is 0 Å². The minimum absolute atomic E-state index is 0.192. The second-order valence-corrected chi connectivity index (χ2v) is 4.96. The maximum Gasteiger partial charge on any atom is 0.146 e. The second-order valence-electron chi connectivity index (χ2n) is 4.96. The predicted molar refractivity (Wildman–Crippen MR) is 70.9 cm³/mol. The van der Waals surface area contributed by atoms with Crippen LogP contribution in [0.2, 0.25) is 0 Å². The van der Waals surface area contributed by atoms with E-state index < -0.39 is 0 Å². The van der Waals surface area contributed by atoms with Gasteiger partial charge in [0, 0.05) is 26.2 Å². The number of halogens is 1. The molecule has 0 aliphatic carbocycles. The van der Waals surface area contributed by atoms with Crippen molar-refractivity contribution in [3.05, 3.63) is 29.6 Å². The predicted octanol–water partition coefficient (Wildman–Crippen LogP) is 1.88. The molecule has 0 spiro atoms. The van der Waals surface area contributed by atoms with Crippen LogP contribution in [0.3, 0.4) is 0 Å². The molecular weight excluding hydrogens is 231 g/mol. The first-order valence-corrected chi connectivity index (χ1v) is 6.59. The lowest BCUT2D eigenvalue weighted by molar-refractivity contribution is 0.244. The molecule has 3 N–H and O–H groups in total. The van der Waals surface area contributed by atoms with Crippen LogP contribution < -0.4 is 10.6 Å². The molecule has 1 unspecified atom stereocenters. The molecule has 0 aromatic heterocycles. The zero-order valence-corrected chi connectivity index (χ0v) is 10.6. The molecule has 4 heteroatoms. The monoisotopic (exact) mass is 252 g/mol. The summed E-state index contributed by atoms with van der Waals surface area (Å²) < 4.78 is 14.0. The largest absolute Gasteiger partial charge is 0.396 e. The Kier molecular flexibility index (Phi) is 4.55. The summed E-state index contributed by atoms with van der Waals surface area (Å²) in [5.74, 6) is 0.278. The summed E-state index contributed by atoms with van der Waals surface area (Å²) in [5.41, 5.74) is 6.98. The lowest BCUT2D eigenvalue weighted by Gasteiger charge is -2.34. The number of hydrogen-bond donors (Lipinski definition) is 2. The third-order valence-corrected chi connectivity index (χ3v) is 3.64. The summed E-state index contributed by atoms with van der Waals surface area (Å²) in [6.45, 7) is 2.30. The van der Waals surface area contributed by atoms with Gasteiger partial charge in [0.15, 0.2) is 0 Å². The van der Waals surface area contributed by atoms with Crippen molar-refractivity contribution >= 4 is 5.69 Å². The zero-order valence-electron chi connectivity index (χ0n) is 10.6. The third-order valence-electron chi connectivity index (χ3n) is 3.64. The molecule has 1 heterocycles. The smallest absolute Gasteiger partial charge is 0.146 e. The molecule has 0 amide bonds. The molecule has 1 aliphatic rings. The number of nitrogens with zero attached hydrogens (tertiary/aromatic N) is 1. The Morgan fingerprint density at radius 3 is 2.94 bits per heavy atom. The Hall–Kier alpha value is -1.13. The maximum atomic E-state index is 14.0. The van der Waals surface area contributed by atoms with Gasteiger partial charge in [0.05, 0.1) is 5.69 Å². The van der Waals surface area contributed by atoms with Crippen LogP contribution in [0.15, 0.2) is 18.2 Å². The SMILES string of the molecule is NCc1ccc(N2CCCC(CCO)C2)c(F)c1. The number of nitrogens with two attached hydrogens (primary N) is 1. The quantitative estimate of drug-likeness (QED) is 0.860. The van der Waals surface area contributed by atoms with Crippen LogP contribution in [0.4, 0.5) is 10.1 Å². The average molecular weight is 252 g/mol. The fourth-order valence-electron chi connectivity index (χ4n) is 2.64. The molecule has 0 radical (unpaired) electrons. The van der Waals surface area contributed by atoms with E-state index in [1.54, 1.807) is 0 Å². The van der Waals surface area contributed by atoms with E-state index in [9.17, 15) is 4.39 Å². The normalized spacial score (nSPS) is 20.2. The number of rotatable bonds is 4. The lowest BCUT2D eigenvalue weighted by atomic mass is 9.94. The van der Waals surface area contributed by atoms with Gasteiger partial charge in [0.2, 0.25) is 0 Å². The minimum atomic E-state index is -0.192.